The van der Waals surface area contributed by atoms with Gasteiger partial charge in [0.2, 0.25) is 0 Å². The molecule has 0 aromatic carbocycles. The summed E-state index contributed by atoms with van der Waals surface area (Å²) in [7, 11) is 0. The van der Waals surface area contributed by atoms with Crippen molar-refractivity contribution in [1.82, 2.24) is 9.55 Å². The lowest BCUT2D eigenvalue weighted by Crippen LogP contribution is -2.26. The Morgan fingerprint density at radius 1 is 1.40 bits per heavy atom. The zero-order valence-corrected chi connectivity index (χ0v) is 13.8. The molecule has 1 N–H and O–H groups in total. The van der Waals surface area contributed by atoms with Crippen molar-refractivity contribution in [3.63, 3.8) is 0 Å². The molecule has 3 rings (SSSR count). The Morgan fingerprint density at radius 2 is 2.10 bits per heavy atom. The molecule has 5 heteroatoms. The summed E-state index contributed by atoms with van der Waals surface area (Å²) >= 11 is 7.04. The van der Waals surface area contributed by atoms with Gasteiger partial charge in [-0.15, -0.1) is 11.3 Å². The maximum Gasteiger partial charge on any atom is 0.263 e. The molecule has 1 fully saturated rings. The molecule has 0 bridgehead atoms. The normalized spacial score (nSPS) is 16.8. The summed E-state index contributed by atoms with van der Waals surface area (Å²) in [6.07, 6.45) is 4.81. The van der Waals surface area contributed by atoms with Crippen LogP contribution in [0.1, 0.15) is 43.0 Å². The third-order valence-corrected chi connectivity index (χ3v) is 5.99. The molecule has 0 saturated heterocycles. The van der Waals surface area contributed by atoms with Crippen molar-refractivity contribution in [3.8, 4) is 0 Å². The first-order valence-corrected chi connectivity index (χ1v) is 8.43. The largest absolute Gasteiger partial charge is 0.323 e. The summed E-state index contributed by atoms with van der Waals surface area (Å²) in [5, 5.41) is 0.827. The minimum absolute atomic E-state index is 0.0907. The molecular weight excluding hydrogens is 288 g/mol. The smallest absolute Gasteiger partial charge is 0.263 e. The third-order valence-electron chi connectivity index (χ3n) is 4.54. The van der Waals surface area contributed by atoms with Gasteiger partial charge in [-0.3, -0.25) is 9.36 Å². The maximum atomic E-state index is 12.8. The van der Waals surface area contributed by atoms with Crippen LogP contribution in [0.2, 0.25) is 0 Å². The molecule has 2 aromatic heterocycles. The second kappa shape index (κ2) is 4.81. The highest BCUT2D eigenvalue weighted by atomic mass is 32.1. The van der Waals surface area contributed by atoms with Crippen LogP contribution < -0.4 is 5.56 Å². The minimum atomic E-state index is 0.0907. The van der Waals surface area contributed by atoms with Crippen LogP contribution in [0.3, 0.4) is 0 Å². The lowest BCUT2D eigenvalue weighted by atomic mass is 10.0. The van der Waals surface area contributed by atoms with Crippen LogP contribution in [-0.4, -0.2) is 9.55 Å². The summed E-state index contributed by atoms with van der Waals surface area (Å²) in [5.41, 5.74) is 1.51. The SMILES string of the molecule is CCCC1(Cn2c(=S)[nH]c3sc(C)c(C)c3c2=O)CC1. The Kier molecular flexibility index (Phi) is 3.37. The van der Waals surface area contributed by atoms with Crippen LogP contribution in [0, 0.1) is 24.0 Å². The molecule has 2 heterocycles. The van der Waals surface area contributed by atoms with Crippen molar-refractivity contribution in [2.75, 3.05) is 0 Å². The maximum absolute atomic E-state index is 12.8. The van der Waals surface area contributed by atoms with E-state index in [4.69, 9.17) is 12.2 Å². The molecule has 0 aliphatic heterocycles. The van der Waals surface area contributed by atoms with Crippen LogP contribution >= 0.6 is 23.6 Å². The van der Waals surface area contributed by atoms with Crippen LogP contribution in [0.4, 0.5) is 0 Å². The van der Waals surface area contributed by atoms with Crippen molar-refractivity contribution in [2.45, 2.75) is 53.0 Å². The minimum Gasteiger partial charge on any atom is -0.323 e. The predicted octanol–water partition coefficient (Wildman–Crippen LogP) is 4.32. The van der Waals surface area contributed by atoms with Gasteiger partial charge in [0.1, 0.15) is 4.83 Å². The molecule has 1 aliphatic carbocycles. The van der Waals surface area contributed by atoms with Gasteiger partial charge in [-0.2, -0.15) is 0 Å². The molecule has 0 spiro atoms. The van der Waals surface area contributed by atoms with Gasteiger partial charge in [0.25, 0.3) is 5.56 Å². The molecule has 2 aromatic rings. The van der Waals surface area contributed by atoms with Gasteiger partial charge in [0.05, 0.1) is 5.39 Å². The van der Waals surface area contributed by atoms with E-state index in [9.17, 15) is 4.79 Å². The summed E-state index contributed by atoms with van der Waals surface area (Å²) < 4.78 is 2.37. The number of thiophene rings is 1. The van der Waals surface area contributed by atoms with Crippen molar-refractivity contribution in [3.05, 3.63) is 25.6 Å². The highest BCUT2D eigenvalue weighted by Gasteiger charge is 2.42. The number of H-pyrrole nitrogens is 1. The molecule has 108 valence electrons. The van der Waals surface area contributed by atoms with E-state index in [0.29, 0.717) is 10.2 Å². The number of hydrogen-bond donors (Lipinski definition) is 1. The summed E-state index contributed by atoms with van der Waals surface area (Å²) in [6, 6.07) is 0. The van der Waals surface area contributed by atoms with E-state index in [1.54, 1.807) is 15.9 Å². The van der Waals surface area contributed by atoms with E-state index in [1.165, 1.54) is 30.6 Å². The number of aromatic nitrogens is 2. The first-order chi connectivity index (χ1) is 9.47. The van der Waals surface area contributed by atoms with Gasteiger partial charge in [-0.1, -0.05) is 13.3 Å². The monoisotopic (exact) mass is 308 g/mol. The molecule has 0 atom stereocenters. The van der Waals surface area contributed by atoms with Gasteiger partial charge in [0.15, 0.2) is 4.77 Å². The van der Waals surface area contributed by atoms with E-state index in [0.717, 1.165) is 22.3 Å². The molecule has 20 heavy (non-hydrogen) atoms. The number of hydrogen-bond acceptors (Lipinski definition) is 3. The van der Waals surface area contributed by atoms with Gasteiger partial charge < -0.3 is 4.98 Å². The fraction of sp³-hybridized carbons (Fsp3) is 0.600. The average Bonchev–Trinajstić information content (AvgIpc) is 3.08. The lowest BCUT2D eigenvalue weighted by Gasteiger charge is -2.16. The van der Waals surface area contributed by atoms with Crippen LogP contribution in [0.25, 0.3) is 10.2 Å². The van der Waals surface area contributed by atoms with Crippen LogP contribution in [0.15, 0.2) is 4.79 Å². The van der Waals surface area contributed by atoms with Crippen molar-refractivity contribution >= 4 is 33.8 Å². The number of rotatable bonds is 4. The fourth-order valence-corrected chi connectivity index (χ4v) is 4.40. The molecule has 1 saturated carbocycles. The van der Waals surface area contributed by atoms with Crippen molar-refractivity contribution < 1.29 is 0 Å². The molecule has 0 unspecified atom stereocenters. The van der Waals surface area contributed by atoms with Crippen LogP contribution in [-0.2, 0) is 6.54 Å². The Balaban J connectivity index is 2.14. The summed E-state index contributed by atoms with van der Waals surface area (Å²) in [5.74, 6) is 0. The topological polar surface area (TPSA) is 37.8 Å². The standard InChI is InChI=1S/C15H20N2OS2/c1-4-5-15(6-7-15)8-17-13(18)11-9(2)10(3)20-12(11)16-14(17)19/h4-8H2,1-3H3,(H,16,19). The van der Waals surface area contributed by atoms with E-state index < -0.39 is 0 Å². The first-order valence-electron chi connectivity index (χ1n) is 7.20. The zero-order valence-electron chi connectivity index (χ0n) is 12.2. The predicted molar refractivity (Wildman–Crippen MR) is 87.3 cm³/mol. The zero-order chi connectivity index (χ0) is 14.5. The number of fused-ring (bicyclic) bond motifs is 1. The van der Waals surface area contributed by atoms with Gasteiger partial charge in [-0.25, -0.2) is 0 Å². The van der Waals surface area contributed by atoms with E-state index in [1.807, 2.05) is 6.92 Å². The Hall–Kier alpha value is -0.940. The van der Waals surface area contributed by atoms with Gasteiger partial charge in [-0.05, 0) is 56.3 Å². The van der Waals surface area contributed by atoms with Gasteiger partial charge in [0, 0.05) is 11.4 Å². The highest BCUT2D eigenvalue weighted by Crippen LogP contribution is 2.50. The second-order valence-electron chi connectivity index (χ2n) is 6.06. The van der Waals surface area contributed by atoms with Crippen LogP contribution in [0.5, 0.6) is 0 Å². The Morgan fingerprint density at radius 3 is 2.70 bits per heavy atom. The first kappa shape index (κ1) is 14.0. The molecular formula is C15H20N2OS2. The lowest BCUT2D eigenvalue weighted by molar-refractivity contribution is 0.379. The molecule has 1 aliphatic rings. The molecule has 3 nitrogen and oxygen atoms in total. The molecule has 0 radical (unpaired) electrons. The van der Waals surface area contributed by atoms with Crippen molar-refractivity contribution in [2.24, 2.45) is 5.41 Å². The summed E-state index contributed by atoms with van der Waals surface area (Å²) in [4.78, 5) is 18.1. The Bertz CT molecular complexity index is 777. The summed E-state index contributed by atoms with van der Waals surface area (Å²) in [6.45, 7) is 7.06. The van der Waals surface area contributed by atoms with Crippen molar-refractivity contribution in [1.29, 1.82) is 0 Å². The highest BCUT2D eigenvalue weighted by molar-refractivity contribution is 7.71. The van der Waals surface area contributed by atoms with E-state index in [2.05, 4.69) is 18.8 Å². The number of aromatic amines is 1. The Labute approximate surface area is 127 Å². The number of nitrogens with zero attached hydrogens (tertiary/aromatic N) is 1. The third kappa shape index (κ3) is 2.17. The average molecular weight is 308 g/mol. The second-order valence-corrected chi connectivity index (χ2v) is 7.67. The fourth-order valence-electron chi connectivity index (χ4n) is 3.04. The quantitative estimate of drug-likeness (QED) is 0.854. The van der Waals surface area contributed by atoms with Gasteiger partial charge >= 0.3 is 0 Å². The molecule has 0 amide bonds. The number of nitrogens with one attached hydrogen (secondary N) is 1. The van der Waals surface area contributed by atoms with E-state index in [-0.39, 0.29) is 5.56 Å². The van der Waals surface area contributed by atoms with E-state index >= 15 is 0 Å². The number of aryl methyl sites for hydroxylation is 2.